The zero-order valence-electron chi connectivity index (χ0n) is 15.7. The van der Waals surface area contributed by atoms with Crippen LogP contribution in [0.3, 0.4) is 0 Å². The van der Waals surface area contributed by atoms with Crippen LogP contribution in [0, 0.1) is 6.92 Å². The molecule has 2 N–H and O–H groups in total. The molecule has 7 heteroatoms. The van der Waals surface area contributed by atoms with Crippen molar-refractivity contribution in [3.05, 3.63) is 64.7 Å². The van der Waals surface area contributed by atoms with Gasteiger partial charge in [-0.25, -0.2) is 8.42 Å². The first-order chi connectivity index (χ1) is 12.8. The van der Waals surface area contributed by atoms with Crippen molar-refractivity contribution >= 4 is 21.6 Å². The zero-order valence-corrected chi connectivity index (χ0v) is 16.5. The van der Waals surface area contributed by atoms with Gasteiger partial charge in [-0.1, -0.05) is 30.3 Å². The first-order valence-corrected chi connectivity index (χ1v) is 10.9. The van der Waals surface area contributed by atoms with E-state index in [0.29, 0.717) is 17.8 Å². The van der Waals surface area contributed by atoms with Gasteiger partial charge in [-0.15, -0.1) is 0 Å². The summed E-state index contributed by atoms with van der Waals surface area (Å²) >= 11 is 0. The fraction of sp³-hybridized carbons (Fsp3) is 0.350. The third-order valence-corrected chi connectivity index (χ3v) is 5.31. The summed E-state index contributed by atoms with van der Waals surface area (Å²) in [5, 5.41) is 2.92. The predicted molar refractivity (Wildman–Crippen MR) is 107 cm³/mol. The van der Waals surface area contributed by atoms with Crippen molar-refractivity contribution in [3.8, 4) is 0 Å². The fourth-order valence-electron chi connectivity index (χ4n) is 3.25. The third kappa shape index (κ3) is 5.30. The molecule has 0 saturated heterocycles. The standard InChI is InChI=1S/C20H25N3O3S/c1-15-7-8-17(13-19(15)22-27(2,25)26)20(24)21-10-12-23-11-9-16-5-3-4-6-18(16)14-23/h3-8,13,22H,9-12,14H2,1-2H3,(H,21,24). The van der Waals surface area contributed by atoms with Crippen LogP contribution in [0.2, 0.25) is 0 Å². The molecule has 6 nitrogen and oxygen atoms in total. The molecule has 0 atom stereocenters. The van der Waals surface area contributed by atoms with Crippen LogP contribution in [0.15, 0.2) is 42.5 Å². The molecule has 0 bridgehead atoms. The van der Waals surface area contributed by atoms with E-state index in [1.807, 2.05) is 0 Å². The lowest BCUT2D eigenvalue weighted by Gasteiger charge is -2.28. The third-order valence-electron chi connectivity index (χ3n) is 4.72. The van der Waals surface area contributed by atoms with Gasteiger partial charge in [0.1, 0.15) is 0 Å². The molecule has 1 amide bonds. The Kier molecular flexibility index (Phi) is 5.82. The number of carbonyl (C=O) groups excluding carboxylic acids is 1. The Morgan fingerprint density at radius 1 is 1.15 bits per heavy atom. The van der Waals surface area contributed by atoms with Gasteiger partial charge < -0.3 is 5.32 Å². The number of fused-ring (bicyclic) bond motifs is 1. The molecule has 144 valence electrons. The number of rotatable bonds is 6. The van der Waals surface area contributed by atoms with Crippen molar-refractivity contribution in [2.24, 2.45) is 0 Å². The summed E-state index contributed by atoms with van der Waals surface area (Å²) in [4.78, 5) is 14.7. The van der Waals surface area contributed by atoms with Gasteiger partial charge >= 0.3 is 0 Å². The maximum atomic E-state index is 12.4. The second kappa shape index (κ2) is 8.10. The van der Waals surface area contributed by atoms with Gasteiger partial charge in [-0.3, -0.25) is 14.4 Å². The largest absolute Gasteiger partial charge is 0.351 e. The molecule has 0 spiro atoms. The summed E-state index contributed by atoms with van der Waals surface area (Å²) < 4.78 is 25.3. The van der Waals surface area contributed by atoms with Crippen molar-refractivity contribution in [1.29, 1.82) is 0 Å². The number of hydrogen-bond donors (Lipinski definition) is 2. The maximum Gasteiger partial charge on any atom is 0.251 e. The Hall–Kier alpha value is -2.38. The Morgan fingerprint density at radius 2 is 1.89 bits per heavy atom. The summed E-state index contributed by atoms with van der Waals surface area (Å²) in [5.74, 6) is -0.205. The average molecular weight is 388 g/mol. The van der Waals surface area contributed by atoms with Gasteiger partial charge in [0.25, 0.3) is 5.91 Å². The highest BCUT2D eigenvalue weighted by atomic mass is 32.2. The van der Waals surface area contributed by atoms with Gasteiger partial charge in [0.2, 0.25) is 10.0 Å². The lowest BCUT2D eigenvalue weighted by atomic mass is 10.00. The van der Waals surface area contributed by atoms with E-state index in [1.165, 1.54) is 11.1 Å². The smallest absolute Gasteiger partial charge is 0.251 e. The van der Waals surface area contributed by atoms with Gasteiger partial charge in [0.15, 0.2) is 0 Å². The predicted octanol–water partition coefficient (Wildman–Crippen LogP) is 2.15. The van der Waals surface area contributed by atoms with Crippen LogP contribution >= 0.6 is 0 Å². The van der Waals surface area contributed by atoms with Gasteiger partial charge in [0.05, 0.1) is 11.9 Å². The van der Waals surface area contributed by atoms with E-state index >= 15 is 0 Å². The van der Waals surface area contributed by atoms with E-state index in [-0.39, 0.29) is 5.91 Å². The van der Waals surface area contributed by atoms with Crippen molar-refractivity contribution in [2.45, 2.75) is 19.9 Å². The minimum atomic E-state index is -3.39. The number of nitrogens with zero attached hydrogens (tertiary/aromatic N) is 1. The van der Waals surface area contributed by atoms with Gasteiger partial charge in [-0.05, 0) is 42.2 Å². The van der Waals surface area contributed by atoms with Crippen LogP contribution in [0.1, 0.15) is 27.0 Å². The van der Waals surface area contributed by atoms with Crippen molar-refractivity contribution in [3.63, 3.8) is 0 Å². The normalized spacial score (nSPS) is 14.4. The molecule has 27 heavy (non-hydrogen) atoms. The van der Waals surface area contributed by atoms with E-state index in [9.17, 15) is 13.2 Å². The zero-order chi connectivity index (χ0) is 19.4. The van der Waals surface area contributed by atoms with Crippen LogP contribution in [-0.2, 0) is 23.0 Å². The Bertz CT molecular complexity index is 941. The maximum absolute atomic E-state index is 12.4. The van der Waals surface area contributed by atoms with Gasteiger partial charge in [0, 0.05) is 31.7 Å². The molecule has 0 fully saturated rings. The summed E-state index contributed by atoms with van der Waals surface area (Å²) in [6, 6.07) is 13.5. The Labute approximate surface area is 160 Å². The molecule has 0 aliphatic carbocycles. The molecule has 0 aromatic heterocycles. The summed E-state index contributed by atoms with van der Waals surface area (Å²) in [5.41, 5.74) is 4.39. The quantitative estimate of drug-likeness (QED) is 0.796. The van der Waals surface area contributed by atoms with Crippen LogP contribution in [0.4, 0.5) is 5.69 Å². The number of aryl methyl sites for hydroxylation is 1. The molecule has 1 heterocycles. The molecule has 2 aromatic carbocycles. The summed E-state index contributed by atoms with van der Waals surface area (Å²) in [7, 11) is -3.39. The monoisotopic (exact) mass is 387 g/mol. The number of benzene rings is 2. The molecule has 3 rings (SSSR count). The van der Waals surface area contributed by atoms with Crippen molar-refractivity contribution in [1.82, 2.24) is 10.2 Å². The topological polar surface area (TPSA) is 78.5 Å². The Morgan fingerprint density at radius 3 is 2.63 bits per heavy atom. The lowest BCUT2D eigenvalue weighted by Crippen LogP contribution is -2.37. The molecule has 0 unspecified atom stereocenters. The molecule has 2 aromatic rings. The molecule has 0 radical (unpaired) electrons. The number of nitrogens with one attached hydrogen (secondary N) is 2. The molecular formula is C20H25N3O3S. The SMILES string of the molecule is Cc1ccc(C(=O)NCCN2CCc3ccccc3C2)cc1NS(C)(=O)=O. The first kappa shape index (κ1) is 19.4. The van der Waals surface area contributed by atoms with Crippen molar-refractivity contribution in [2.75, 3.05) is 30.6 Å². The molecular weight excluding hydrogens is 362 g/mol. The highest BCUT2D eigenvalue weighted by Crippen LogP contribution is 2.19. The van der Waals surface area contributed by atoms with E-state index in [0.717, 1.165) is 37.9 Å². The number of hydrogen-bond acceptors (Lipinski definition) is 4. The van der Waals surface area contributed by atoms with Crippen LogP contribution < -0.4 is 10.0 Å². The number of carbonyl (C=O) groups is 1. The van der Waals surface area contributed by atoms with Crippen molar-refractivity contribution < 1.29 is 13.2 Å². The highest BCUT2D eigenvalue weighted by Gasteiger charge is 2.16. The lowest BCUT2D eigenvalue weighted by molar-refractivity contribution is 0.0947. The first-order valence-electron chi connectivity index (χ1n) is 8.97. The number of sulfonamides is 1. The highest BCUT2D eigenvalue weighted by molar-refractivity contribution is 7.92. The fourth-order valence-corrected chi connectivity index (χ4v) is 3.87. The summed E-state index contributed by atoms with van der Waals surface area (Å²) in [6.45, 7) is 5.01. The van der Waals surface area contributed by atoms with Crippen LogP contribution in [-0.4, -0.2) is 45.1 Å². The number of anilines is 1. The van der Waals surface area contributed by atoms with E-state index in [4.69, 9.17) is 0 Å². The molecule has 1 aliphatic heterocycles. The second-order valence-electron chi connectivity index (χ2n) is 6.95. The van der Waals surface area contributed by atoms with Crippen LogP contribution in [0.25, 0.3) is 0 Å². The van der Waals surface area contributed by atoms with E-state index in [1.54, 1.807) is 25.1 Å². The van der Waals surface area contributed by atoms with Gasteiger partial charge in [-0.2, -0.15) is 0 Å². The molecule has 1 aliphatic rings. The van der Waals surface area contributed by atoms with E-state index in [2.05, 4.69) is 39.2 Å². The minimum Gasteiger partial charge on any atom is -0.351 e. The minimum absolute atomic E-state index is 0.205. The second-order valence-corrected chi connectivity index (χ2v) is 8.70. The Balaban J connectivity index is 1.55. The number of amides is 1. The van der Waals surface area contributed by atoms with Crippen LogP contribution in [0.5, 0.6) is 0 Å². The summed E-state index contributed by atoms with van der Waals surface area (Å²) in [6.07, 6.45) is 2.12. The average Bonchev–Trinajstić information content (AvgIpc) is 2.62. The van der Waals surface area contributed by atoms with E-state index < -0.39 is 10.0 Å². The molecule has 0 saturated carbocycles.